The van der Waals surface area contributed by atoms with E-state index in [0.717, 1.165) is 35.7 Å². The van der Waals surface area contributed by atoms with Crippen LogP contribution in [0.2, 0.25) is 5.02 Å². The predicted octanol–water partition coefficient (Wildman–Crippen LogP) is 4.31. The van der Waals surface area contributed by atoms with Gasteiger partial charge in [-0.1, -0.05) is 31.5 Å². The van der Waals surface area contributed by atoms with Crippen LogP contribution in [-0.2, 0) is 10.2 Å². The molecule has 3 nitrogen and oxygen atoms in total. The molecule has 1 aromatic carbocycles. The number of halogens is 2. The van der Waals surface area contributed by atoms with Gasteiger partial charge in [-0.15, -0.1) is 12.4 Å². The smallest absolute Gasteiger partial charge is 0.227 e. The van der Waals surface area contributed by atoms with Crippen molar-refractivity contribution in [2.45, 2.75) is 63.5 Å². The summed E-state index contributed by atoms with van der Waals surface area (Å²) in [6.45, 7) is 5.09. The Morgan fingerprint density at radius 3 is 2.62 bits per heavy atom. The van der Waals surface area contributed by atoms with Gasteiger partial charge >= 0.3 is 0 Å². The van der Waals surface area contributed by atoms with Crippen LogP contribution in [0.4, 0.5) is 5.69 Å². The van der Waals surface area contributed by atoms with Crippen LogP contribution in [0.5, 0.6) is 0 Å². The molecule has 2 fully saturated rings. The highest BCUT2D eigenvalue weighted by Gasteiger charge is 2.41. The molecule has 3 heterocycles. The summed E-state index contributed by atoms with van der Waals surface area (Å²) >= 11 is 6.42. The molecule has 2 unspecified atom stereocenters. The Morgan fingerprint density at radius 2 is 1.96 bits per heavy atom. The van der Waals surface area contributed by atoms with Crippen LogP contribution >= 0.6 is 24.0 Å². The molecule has 0 spiro atoms. The summed E-state index contributed by atoms with van der Waals surface area (Å²) in [7, 11) is 0. The number of carbonyl (C=O) groups is 1. The maximum atomic E-state index is 13.0. The summed E-state index contributed by atoms with van der Waals surface area (Å²) in [6, 6.07) is 7.21. The topological polar surface area (TPSA) is 32.3 Å². The van der Waals surface area contributed by atoms with Gasteiger partial charge in [0, 0.05) is 46.7 Å². The van der Waals surface area contributed by atoms with Crippen LogP contribution in [0.25, 0.3) is 0 Å². The van der Waals surface area contributed by atoms with E-state index in [1.165, 1.54) is 12.8 Å². The average Bonchev–Trinajstić information content (AvgIpc) is 2.97. The lowest BCUT2D eigenvalue weighted by atomic mass is 9.87. The first-order chi connectivity index (χ1) is 10.9. The van der Waals surface area contributed by atoms with Gasteiger partial charge in [0.2, 0.25) is 5.91 Å². The maximum absolute atomic E-state index is 13.0. The Morgan fingerprint density at radius 1 is 1.29 bits per heavy atom. The van der Waals surface area contributed by atoms with Gasteiger partial charge in [0.25, 0.3) is 0 Å². The summed E-state index contributed by atoms with van der Waals surface area (Å²) in [4.78, 5) is 14.9. The Balaban J connectivity index is 0.00000169. The summed E-state index contributed by atoms with van der Waals surface area (Å²) in [6.07, 6.45) is 5.55. The molecule has 5 heteroatoms. The van der Waals surface area contributed by atoms with E-state index in [9.17, 15) is 4.79 Å². The fraction of sp³-hybridized carbons (Fsp3) is 0.632. The van der Waals surface area contributed by atoms with Crippen LogP contribution in [0, 0.1) is 5.92 Å². The van der Waals surface area contributed by atoms with Crippen LogP contribution in [0.3, 0.4) is 0 Å². The quantitative estimate of drug-likeness (QED) is 0.843. The van der Waals surface area contributed by atoms with E-state index >= 15 is 0 Å². The third kappa shape index (κ3) is 3.07. The zero-order valence-corrected chi connectivity index (χ0v) is 15.9. The number of benzene rings is 1. The first kappa shape index (κ1) is 18.0. The SMILES string of the molecule is CC1(C)CN(C(=O)CC2CC3CCC(C2)N3)c2cccc(Cl)c21.Cl. The number of nitrogens with one attached hydrogen (secondary N) is 1. The van der Waals surface area contributed by atoms with E-state index in [-0.39, 0.29) is 23.7 Å². The molecular weight excluding hydrogens is 343 g/mol. The third-order valence-electron chi connectivity index (χ3n) is 5.85. The Kier molecular flexibility index (Phi) is 4.89. The zero-order valence-electron chi connectivity index (χ0n) is 14.3. The van der Waals surface area contributed by atoms with Gasteiger partial charge in [-0.05, 0) is 43.7 Å². The van der Waals surface area contributed by atoms with Crippen molar-refractivity contribution in [1.29, 1.82) is 0 Å². The number of carbonyl (C=O) groups excluding carboxylic acids is 1. The van der Waals surface area contributed by atoms with Crippen molar-refractivity contribution in [2.75, 3.05) is 11.4 Å². The molecule has 1 amide bonds. The number of hydrogen-bond acceptors (Lipinski definition) is 2. The molecule has 0 aliphatic carbocycles. The molecule has 1 N–H and O–H groups in total. The lowest BCUT2D eigenvalue weighted by molar-refractivity contribution is -0.119. The van der Waals surface area contributed by atoms with Gasteiger partial charge in [0.1, 0.15) is 0 Å². The summed E-state index contributed by atoms with van der Waals surface area (Å²) in [5, 5.41) is 4.44. The summed E-state index contributed by atoms with van der Waals surface area (Å²) in [5.41, 5.74) is 2.07. The first-order valence-corrected chi connectivity index (χ1v) is 9.17. The van der Waals surface area contributed by atoms with Crippen LogP contribution < -0.4 is 10.2 Å². The lowest BCUT2D eigenvalue weighted by Gasteiger charge is -2.30. The highest BCUT2D eigenvalue weighted by atomic mass is 35.5. The molecule has 24 heavy (non-hydrogen) atoms. The zero-order chi connectivity index (χ0) is 16.2. The Labute approximate surface area is 155 Å². The van der Waals surface area contributed by atoms with Gasteiger partial charge in [-0.3, -0.25) is 4.79 Å². The molecule has 1 aromatic rings. The van der Waals surface area contributed by atoms with E-state index in [1.54, 1.807) is 0 Å². The first-order valence-electron chi connectivity index (χ1n) is 8.79. The van der Waals surface area contributed by atoms with Crippen molar-refractivity contribution >= 4 is 35.6 Å². The van der Waals surface area contributed by atoms with Gasteiger partial charge in [-0.2, -0.15) is 0 Å². The predicted molar refractivity (Wildman–Crippen MR) is 101 cm³/mol. The number of amides is 1. The van der Waals surface area contributed by atoms with E-state index in [1.807, 2.05) is 23.1 Å². The van der Waals surface area contributed by atoms with E-state index in [4.69, 9.17) is 11.6 Å². The fourth-order valence-electron chi connectivity index (χ4n) is 4.89. The largest absolute Gasteiger partial charge is 0.311 e. The molecule has 3 aliphatic heterocycles. The van der Waals surface area contributed by atoms with Crippen LogP contribution in [-0.4, -0.2) is 24.5 Å². The number of rotatable bonds is 2. The third-order valence-corrected chi connectivity index (χ3v) is 6.16. The van der Waals surface area contributed by atoms with Crippen LogP contribution in [0.1, 0.15) is 51.5 Å². The lowest BCUT2D eigenvalue weighted by Crippen LogP contribution is -2.41. The number of nitrogens with zero attached hydrogens (tertiary/aromatic N) is 1. The fourth-order valence-corrected chi connectivity index (χ4v) is 5.31. The van der Waals surface area contributed by atoms with Crippen molar-refractivity contribution in [2.24, 2.45) is 5.92 Å². The monoisotopic (exact) mass is 368 g/mol. The molecule has 2 saturated heterocycles. The molecular formula is C19H26Cl2N2O. The summed E-state index contributed by atoms with van der Waals surface area (Å²) in [5.74, 6) is 0.804. The molecule has 2 atom stereocenters. The van der Waals surface area contributed by atoms with Crippen molar-refractivity contribution < 1.29 is 4.79 Å². The van der Waals surface area contributed by atoms with Gasteiger partial charge in [-0.25, -0.2) is 0 Å². The van der Waals surface area contributed by atoms with E-state index < -0.39 is 0 Å². The van der Waals surface area contributed by atoms with Gasteiger partial charge < -0.3 is 10.2 Å². The van der Waals surface area contributed by atoms with E-state index in [0.29, 0.717) is 24.4 Å². The highest BCUT2D eigenvalue weighted by Crippen LogP contribution is 2.45. The molecule has 4 rings (SSSR count). The molecule has 0 saturated carbocycles. The van der Waals surface area contributed by atoms with Gasteiger partial charge in [0.15, 0.2) is 0 Å². The van der Waals surface area contributed by atoms with Crippen LogP contribution in [0.15, 0.2) is 18.2 Å². The minimum atomic E-state index is -0.0729. The van der Waals surface area contributed by atoms with Crippen molar-refractivity contribution in [3.05, 3.63) is 28.8 Å². The maximum Gasteiger partial charge on any atom is 0.227 e. The molecule has 0 radical (unpaired) electrons. The average molecular weight is 369 g/mol. The molecule has 2 bridgehead atoms. The number of fused-ring (bicyclic) bond motifs is 3. The second-order valence-electron chi connectivity index (χ2n) is 8.18. The molecule has 132 valence electrons. The van der Waals surface area contributed by atoms with E-state index in [2.05, 4.69) is 19.2 Å². The number of piperidine rings is 1. The minimum Gasteiger partial charge on any atom is -0.311 e. The normalized spacial score (nSPS) is 30.0. The number of hydrogen-bond donors (Lipinski definition) is 1. The molecule has 3 aliphatic rings. The minimum absolute atomic E-state index is 0. The van der Waals surface area contributed by atoms with Crippen molar-refractivity contribution in [1.82, 2.24) is 5.32 Å². The molecule has 0 aromatic heterocycles. The van der Waals surface area contributed by atoms with Gasteiger partial charge in [0.05, 0.1) is 0 Å². The Bertz CT molecular complexity index is 634. The second-order valence-corrected chi connectivity index (χ2v) is 8.58. The highest BCUT2D eigenvalue weighted by molar-refractivity contribution is 6.32. The summed E-state index contributed by atoms with van der Waals surface area (Å²) < 4.78 is 0. The Hall–Kier alpha value is -0.770. The standard InChI is InChI=1S/C19H25ClN2O.ClH/c1-19(2)11-22(16-5-3-4-15(20)18(16)19)17(23)10-12-8-13-6-7-14(9-12)21-13;/h3-5,12-14,21H,6-11H2,1-2H3;1H. The second kappa shape index (κ2) is 6.51. The van der Waals surface area contributed by atoms with Crippen molar-refractivity contribution in [3.63, 3.8) is 0 Å². The number of anilines is 1. The van der Waals surface area contributed by atoms with Crippen molar-refractivity contribution in [3.8, 4) is 0 Å².